The topological polar surface area (TPSA) is 86.5 Å². The van der Waals surface area contributed by atoms with Crippen LogP contribution in [-0.2, 0) is 11.2 Å². The van der Waals surface area contributed by atoms with Crippen LogP contribution in [0.1, 0.15) is 48.9 Å². The number of furan rings is 1. The van der Waals surface area contributed by atoms with Gasteiger partial charge >= 0.3 is 0 Å². The van der Waals surface area contributed by atoms with Crippen LogP contribution in [0.3, 0.4) is 0 Å². The lowest BCUT2D eigenvalue weighted by atomic mass is 9.89. The predicted molar refractivity (Wildman–Crippen MR) is 133 cm³/mol. The summed E-state index contributed by atoms with van der Waals surface area (Å²) in [6, 6.07) is 14.5. The van der Waals surface area contributed by atoms with Gasteiger partial charge in [0.2, 0.25) is 17.5 Å². The fourth-order valence-corrected chi connectivity index (χ4v) is 5.26. The van der Waals surface area contributed by atoms with Crippen molar-refractivity contribution in [2.75, 3.05) is 31.1 Å². The minimum absolute atomic E-state index is 0.0355. The van der Waals surface area contributed by atoms with Gasteiger partial charge in [-0.15, -0.1) is 0 Å². The van der Waals surface area contributed by atoms with Crippen LogP contribution in [0.4, 0.5) is 5.88 Å². The largest absolute Gasteiger partial charge is 0.459 e. The van der Waals surface area contributed by atoms with E-state index in [-0.39, 0.29) is 17.5 Å². The van der Waals surface area contributed by atoms with E-state index < -0.39 is 0 Å². The molecule has 1 aromatic carbocycles. The smallest absolute Gasteiger partial charge is 0.266 e. The van der Waals surface area contributed by atoms with E-state index in [9.17, 15) is 10.1 Å². The lowest BCUT2D eigenvalue weighted by Crippen LogP contribution is -2.45. The van der Waals surface area contributed by atoms with Gasteiger partial charge in [0.25, 0.3) is 5.89 Å². The Kier molecular flexibility index (Phi) is 6.89. The highest BCUT2D eigenvalue weighted by Crippen LogP contribution is 2.32. The molecule has 2 fully saturated rings. The molecule has 5 rings (SSSR count). The summed E-state index contributed by atoms with van der Waals surface area (Å²) in [5.41, 5.74) is 2.97. The van der Waals surface area contributed by atoms with Crippen molar-refractivity contribution in [3.8, 4) is 17.7 Å². The van der Waals surface area contributed by atoms with Crippen LogP contribution in [-0.4, -0.2) is 42.0 Å². The number of amides is 1. The lowest BCUT2D eigenvalue weighted by molar-refractivity contribution is -0.137. The summed E-state index contributed by atoms with van der Waals surface area (Å²) in [6.45, 7) is 5.20. The second kappa shape index (κ2) is 10.4. The lowest BCUT2D eigenvalue weighted by Gasteiger charge is -2.37. The molecule has 1 amide bonds. The number of aryl methyl sites for hydroxylation is 2. The number of benzene rings is 1. The van der Waals surface area contributed by atoms with E-state index in [1.54, 1.807) is 18.4 Å². The third kappa shape index (κ3) is 5.27. The van der Waals surface area contributed by atoms with Gasteiger partial charge in [-0.25, -0.2) is 0 Å². The number of hydrogen-bond acceptors (Lipinski definition) is 6. The molecule has 0 bridgehead atoms. The maximum atomic E-state index is 13.2. The van der Waals surface area contributed by atoms with E-state index in [1.165, 1.54) is 17.5 Å². The van der Waals surface area contributed by atoms with Gasteiger partial charge in [-0.3, -0.25) is 4.79 Å². The summed E-state index contributed by atoms with van der Waals surface area (Å²) in [4.78, 5) is 21.6. The van der Waals surface area contributed by atoms with Crippen molar-refractivity contribution >= 4 is 11.8 Å². The van der Waals surface area contributed by atoms with Crippen LogP contribution < -0.4 is 4.90 Å². The van der Waals surface area contributed by atoms with Crippen molar-refractivity contribution in [2.45, 2.75) is 45.4 Å². The third-order valence-electron chi connectivity index (χ3n) is 7.47. The Labute approximate surface area is 206 Å². The zero-order valence-electron chi connectivity index (χ0n) is 20.3. The first kappa shape index (κ1) is 23.2. The molecule has 35 heavy (non-hydrogen) atoms. The average Bonchev–Trinajstić information content (AvgIpc) is 3.59. The van der Waals surface area contributed by atoms with Gasteiger partial charge in [0.1, 0.15) is 6.07 Å². The molecule has 0 aliphatic carbocycles. The molecule has 182 valence electrons. The molecule has 2 aliphatic rings. The van der Waals surface area contributed by atoms with Crippen LogP contribution in [0.5, 0.6) is 0 Å². The Bertz CT molecular complexity index is 1160. The number of piperidine rings is 2. The standard InChI is InChI=1S/C28H32N4O3/c1-20-4-6-21(7-5-20)8-9-22-10-14-31(15-11-22)27(33)23-12-16-32(17-13-23)28-24(19-29)30-26(35-28)25-3-2-18-34-25/h2-7,18,22-23H,8-17H2,1H3. The first-order chi connectivity index (χ1) is 17.1. The highest BCUT2D eigenvalue weighted by Gasteiger charge is 2.33. The van der Waals surface area contributed by atoms with E-state index >= 15 is 0 Å². The molecular weight excluding hydrogens is 440 g/mol. The minimum atomic E-state index is 0.0355. The molecule has 7 nitrogen and oxygen atoms in total. The number of anilines is 1. The van der Waals surface area contributed by atoms with Crippen LogP contribution >= 0.6 is 0 Å². The number of nitrogens with zero attached hydrogens (tertiary/aromatic N) is 4. The molecule has 0 spiro atoms. The van der Waals surface area contributed by atoms with Crippen molar-refractivity contribution < 1.29 is 13.6 Å². The first-order valence-corrected chi connectivity index (χ1v) is 12.6. The minimum Gasteiger partial charge on any atom is -0.459 e. The summed E-state index contributed by atoms with van der Waals surface area (Å²) < 4.78 is 11.2. The number of oxazole rings is 1. The monoisotopic (exact) mass is 472 g/mol. The van der Waals surface area contributed by atoms with Gasteiger partial charge in [-0.05, 0) is 69.1 Å². The Morgan fingerprint density at radius 3 is 2.49 bits per heavy atom. The Balaban J connectivity index is 1.10. The molecule has 0 atom stereocenters. The van der Waals surface area contributed by atoms with E-state index in [1.807, 2.05) is 4.90 Å². The Morgan fingerprint density at radius 1 is 1.09 bits per heavy atom. The van der Waals surface area contributed by atoms with Crippen LogP contribution in [0.25, 0.3) is 11.7 Å². The molecule has 2 saturated heterocycles. The molecule has 0 unspecified atom stereocenters. The first-order valence-electron chi connectivity index (χ1n) is 12.6. The maximum absolute atomic E-state index is 13.2. The van der Waals surface area contributed by atoms with Gasteiger partial charge in [0.15, 0.2) is 5.76 Å². The van der Waals surface area contributed by atoms with E-state index in [0.29, 0.717) is 36.5 Å². The Hall–Kier alpha value is -3.53. The molecule has 3 aromatic rings. The summed E-state index contributed by atoms with van der Waals surface area (Å²) in [7, 11) is 0. The van der Waals surface area contributed by atoms with E-state index in [4.69, 9.17) is 8.83 Å². The molecule has 2 aromatic heterocycles. The fraction of sp³-hybridized carbons (Fsp3) is 0.464. The van der Waals surface area contributed by atoms with Crippen molar-refractivity contribution in [1.29, 1.82) is 5.26 Å². The second-order valence-electron chi connectivity index (χ2n) is 9.82. The fourth-order valence-electron chi connectivity index (χ4n) is 5.26. The molecule has 4 heterocycles. The molecule has 0 radical (unpaired) electrons. The van der Waals surface area contributed by atoms with Gasteiger partial charge in [-0.2, -0.15) is 10.2 Å². The maximum Gasteiger partial charge on any atom is 0.266 e. The number of aromatic nitrogens is 1. The predicted octanol–water partition coefficient (Wildman–Crippen LogP) is 5.20. The van der Waals surface area contributed by atoms with Crippen LogP contribution in [0.15, 0.2) is 51.5 Å². The quantitative estimate of drug-likeness (QED) is 0.490. The summed E-state index contributed by atoms with van der Waals surface area (Å²) in [5.74, 6) is 2.30. The van der Waals surface area contributed by atoms with Crippen molar-refractivity contribution in [1.82, 2.24) is 9.88 Å². The van der Waals surface area contributed by atoms with Crippen molar-refractivity contribution in [3.05, 3.63) is 59.5 Å². The summed E-state index contributed by atoms with van der Waals surface area (Å²) in [6.07, 6.45) is 7.56. The average molecular weight is 473 g/mol. The number of carbonyl (C=O) groups excluding carboxylic acids is 1. The number of likely N-dealkylation sites (tertiary alicyclic amines) is 1. The summed E-state index contributed by atoms with van der Waals surface area (Å²) in [5, 5.41) is 9.52. The van der Waals surface area contributed by atoms with Crippen LogP contribution in [0, 0.1) is 30.1 Å². The number of nitriles is 1. The SMILES string of the molecule is Cc1ccc(CCC2CCN(C(=O)C3CCN(c4oc(-c5ccco5)nc4C#N)CC3)CC2)cc1. The zero-order valence-corrected chi connectivity index (χ0v) is 20.3. The zero-order chi connectivity index (χ0) is 24.2. The number of hydrogen-bond donors (Lipinski definition) is 0. The molecule has 7 heteroatoms. The van der Waals surface area contributed by atoms with E-state index in [2.05, 4.69) is 47.1 Å². The molecule has 0 N–H and O–H groups in total. The highest BCUT2D eigenvalue weighted by molar-refractivity contribution is 5.79. The third-order valence-corrected chi connectivity index (χ3v) is 7.47. The number of rotatable bonds is 6. The van der Waals surface area contributed by atoms with Crippen molar-refractivity contribution in [3.63, 3.8) is 0 Å². The van der Waals surface area contributed by atoms with Gasteiger partial charge in [0.05, 0.1) is 6.26 Å². The normalized spacial score (nSPS) is 17.5. The highest BCUT2D eigenvalue weighted by atomic mass is 16.4. The Morgan fingerprint density at radius 2 is 1.83 bits per heavy atom. The van der Waals surface area contributed by atoms with Gasteiger partial charge in [0, 0.05) is 32.1 Å². The molecule has 2 aliphatic heterocycles. The molecule has 0 saturated carbocycles. The molecular formula is C28H32N4O3. The van der Waals surface area contributed by atoms with Gasteiger partial charge < -0.3 is 18.6 Å². The summed E-state index contributed by atoms with van der Waals surface area (Å²) >= 11 is 0. The number of carbonyl (C=O) groups is 1. The van der Waals surface area contributed by atoms with Crippen LogP contribution in [0.2, 0.25) is 0 Å². The van der Waals surface area contributed by atoms with E-state index in [0.717, 1.165) is 45.2 Å². The second-order valence-corrected chi connectivity index (χ2v) is 9.82. The van der Waals surface area contributed by atoms with Crippen molar-refractivity contribution in [2.24, 2.45) is 11.8 Å². The van der Waals surface area contributed by atoms with Gasteiger partial charge in [-0.1, -0.05) is 29.8 Å².